The van der Waals surface area contributed by atoms with Crippen LogP contribution in [0.25, 0.3) is 0 Å². The third kappa shape index (κ3) is 6.43. The Balaban J connectivity index is 1.55. The molecule has 3 aromatic rings. The molecule has 0 saturated heterocycles. The summed E-state index contributed by atoms with van der Waals surface area (Å²) in [6.45, 7) is 2.32. The van der Waals surface area contributed by atoms with Crippen LogP contribution < -0.4 is 20.7 Å². The molecule has 0 spiro atoms. The molecule has 0 aliphatic heterocycles. The molecule has 0 aromatic heterocycles. The van der Waals surface area contributed by atoms with Crippen LogP contribution in [0.2, 0.25) is 10.0 Å². The van der Waals surface area contributed by atoms with Crippen molar-refractivity contribution in [2.75, 3.05) is 17.2 Å². The van der Waals surface area contributed by atoms with E-state index in [9.17, 15) is 9.59 Å². The minimum Gasteiger partial charge on any atom is -0.492 e. The molecule has 0 fully saturated rings. The molecule has 0 aliphatic rings. The van der Waals surface area contributed by atoms with Gasteiger partial charge >= 0.3 is 0 Å². The molecule has 2 amide bonds. The van der Waals surface area contributed by atoms with Gasteiger partial charge in [0.25, 0.3) is 11.8 Å². The van der Waals surface area contributed by atoms with Crippen molar-refractivity contribution >= 4 is 63.7 Å². The minimum atomic E-state index is -0.405. The first kappa shape index (κ1) is 23.5. The first-order chi connectivity index (χ1) is 15.4. The largest absolute Gasteiger partial charge is 0.492 e. The van der Waals surface area contributed by atoms with Crippen LogP contribution in [0.5, 0.6) is 5.75 Å². The van der Waals surface area contributed by atoms with Crippen molar-refractivity contribution in [1.82, 2.24) is 5.32 Å². The number of carbonyl (C=O) groups excluding carboxylic acids is 2. The Morgan fingerprint density at radius 3 is 2.16 bits per heavy atom. The van der Waals surface area contributed by atoms with Gasteiger partial charge in [-0.2, -0.15) is 0 Å². The molecule has 0 unspecified atom stereocenters. The molecule has 3 rings (SSSR count). The van der Waals surface area contributed by atoms with Gasteiger partial charge in [-0.25, -0.2) is 0 Å². The molecular weight excluding hydrogens is 469 g/mol. The van der Waals surface area contributed by atoms with Crippen LogP contribution in [0.3, 0.4) is 0 Å². The number of halogens is 2. The van der Waals surface area contributed by atoms with Crippen molar-refractivity contribution in [3.8, 4) is 5.75 Å². The molecule has 0 heterocycles. The van der Waals surface area contributed by atoms with E-state index in [-0.39, 0.29) is 11.0 Å². The van der Waals surface area contributed by atoms with Crippen LogP contribution in [-0.4, -0.2) is 23.5 Å². The zero-order chi connectivity index (χ0) is 23.1. The van der Waals surface area contributed by atoms with Gasteiger partial charge in [0.15, 0.2) is 5.11 Å². The van der Waals surface area contributed by atoms with Gasteiger partial charge in [0.2, 0.25) is 0 Å². The highest BCUT2D eigenvalue weighted by Gasteiger charge is 2.11. The van der Waals surface area contributed by atoms with Crippen molar-refractivity contribution in [2.24, 2.45) is 0 Å². The van der Waals surface area contributed by atoms with Crippen molar-refractivity contribution in [2.45, 2.75) is 6.92 Å². The Kier molecular flexibility index (Phi) is 8.05. The molecule has 0 saturated carbocycles. The lowest BCUT2D eigenvalue weighted by Gasteiger charge is -2.12. The number of hydrogen-bond acceptors (Lipinski definition) is 4. The number of rotatable bonds is 6. The predicted octanol–water partition coefficient (Wildman–Crippen LogP) is 5.77. The number of anilines is 2. The Morgan fingerprint density at radius 1 is 0.875 bits per heavy atom. The molecular formula is C23H19Cl2N3O3S. The van der Waals surface area contributed by atoms with Crippen LogP contribution in [0.4, 0.5) is 11.4 Å². The first-order valence-electron chi connectivity index (χ1n) is 9.57. The second-order valence-corrected chi connectivity index (χ2v) is 7.78. The van der Waals surface area contributed by atoms with Crippen molar-refractivity contribution < 1.29 is 14.3 Å². The lowest BCUT2D eigenvalue weighted by Crippen LogP contribution is -2.34. The number of benzene rings is 3. The normalized spacial score (nSPS) is 10.2. The molecule has 3 N–H and O–H groups in total. The van der Waals surface area contributed by atoms with Gasteiger partial charge in [-0.1, -0.05) is 29.3 Å². The van der Waals surface area contributed by atoms with E-state index >= 15 is 0 Å². The molecule has 0 bridgehead atoms. The molecule has 0 aliphatic carbocycles. The van der Waals surface area contributed by atoms with E-state index in [1.807, 2.05) is 6.92 Å². The first-order valence-corrected chi connectivity index (χ1v) is 10.7. The Labute approximate surface area is 200 Å². The third-order valence-electron chi connectivity index (χ3n) is 4.21. The highest BCUT2D eigenvalue weighted by atomic mass is 35.5. The number of nitrogens with one attached hydrogen (secondary N) is 3. The summed E-state index contributed by atoms with van der Waals surface area (Å²) < 4.78 is 5.36. The molecule has 164 valence electrons. The smallest absolute Gasteiger partial charge is 0.257 e. The van der Waals surface area contributed by atoms with E-state index in [0.717, 1.165) is 0 Å². The fourth-order valence-corrected chi connectivity index (χ4v) is 3.36. The fraction of sp³-hybridized carbons (Fsp3) is 0.0870. The van der Waals surface area contributed by atoms with Crippen molar-refractivity contribution in [3.05, 3.63) is 87.9 Å². The van der Waals surface area contributed by atoms with Crippen LogP contribution in [0.15, 0.2) is 66.7 Å². The summed E-state index contributed by atoms with van der Waals surface area (Å²) in [5.41, 5.74) is 2.04. The highest BCUT2D eigenvalue weighted by molar-refractivity contribution is 7.80. The fourth-order valence-electron chi connectivity index (χ4n) is 2.72. The minimum absolute atomic E-state index is 0.121. The van der Waals surface area contributed by atoms with Crippen LogP contribution >= 0.6 is 35.4 Å². The van der Waals surface area contributed by atoms with Gasteiger partial charge in [-0.15, -0.1) is 0 Å². The third-order valence-corrected chi connectivity index (χ3v) is 4.94. The van der Waals surface area contributed by atoms with E-state index in [1.54, 1.807) is 60.7 Å². The number of carbonyl (C=O) groups is 2. The number of hydrogen-bond donors (Lipinski definition) is 3. The standard InChI is InChI=1S/C23H19Cl2N3O3S/c1-2-31-20-11-6-15(13-19(20)25)22(30)28-23(32)27-18-9-7-17(8-10-18)26-21(29)14-4-3-5-16(24)12-14/h3-13H,2H2,1H3,(H,26,29)(H2,27,28,30,32). The summed E-state index contributed by atoms with van der Waals surface area (Å²) in [5, 5.41) is 9.25. The zero-order valence-electron chi connectivity index (χ0n) is 16.9. The molecule has 0 radical (unpaired) electrons. The van der Waals surface area contributed by atoms with Crippen LogP contribution in [-0.2, 0) is 0 Å². The van der Waals surface area contributed by atoms with E-state index in [2.05, 4.69) is 16.0 Å². The number of thiocarbonyl (C=S) groups is 1. The summed E-state index contributed by atoms with van der Waals surface area (Å²) in [6, 6.07) is 18.3. The predicted molar refractivity (Wildman–Crippen MR) is 132 cm³/mol. The van der Waals surface area contributed by atoms with Crippen molar-refractivity contribution in [3.63, 3.8) is 0 Å². The molecule has 6 nitrogen and oxygen atoms in total. The summed E-state index contributed by atoms with van der Waals surface area (Å²) >= 11 is 17.3. The van der Waals surface area contributed by atoms with E-state index in [0.29, 0.717) is 44.9 Å². The van der Waals surface area contributed by atoms with Crippen LogP contribution in [0, 0.1) is 0 Å². The second kappa shape index (κ2) is 10.9. The molecule has 3 aromatic carbocycles. The van der Waals surface area contributed by atoms with Crippen molar-refractivity contribution in [1.29, 1.82) is 0 Å². The molecule has 32 heavy (non-hydrogen) atoms. The maximum atomic E-state index is 12.4. The maximum absolute atomic E-state index is 12.4. The zero-order valence-corrected chi connectivity index (χ0v) is 19.3. The second-order valence-electron chi connectivity index (χ2n) is 6.53. The average Bonchev–Trinajstić information content (AvgIpc) is 2.76. The summed E-state index contributed by atoms with van der Waals surface area (Å²) in [4.78, 5) is 24.7. The number of ether oxygens (including phenoxy) is 1. The topological polar surface area (TPSA) is 79.5 Å². The van der Waals surface area contributed by atoms with Gasteiger partial charge in [0, 0.05) is 27.5 Å². The van der Waals surface area contributed by atoms with Gasteiger partial charge < -0.3 is 15.4 Å². The van der Waals surface area contributed by atoms with E-state index in [4.69, 9.17) is 40.2 Å². The molecule has 9 heteroatoms. The maximum Gasteiger partial charge on any atom is 0.257 e. The van der Waals surface area contributed by atoms with Gasteiger partial charge in [-0.3, -0.25) is 14.9 Å². The summed E-state index contributed by atoms with van der Waals surface area (Å²) in [5.74, 6) is -0.170. The van der Waals surface area contributed by atoms with Gasteiger partial charge in [0.1, 0.15) is 5.75 Å². The SMILES string of the molecule is CCOc1ccc(C(=O)NC(=S)Nc2ccc(NC(=O)c3cccc(Cl)c3)cc2)cc1Cl. The molecule has 0 atom stereocenters. The lowest BCUT2D eigenvalue weighted by atomic mass is 10.2. The van der Waals surface area contributed by atoms with Gasteiger partial charge in [-0.05, 0) is 79.8 Å². The summed E-state index contributed by atoms with van der Waals surface area (Å²) in [7, 11) is 0. The Morgan fingerprint density at radius 2 is 1.53 bits per heavy atom. The number of amides is 2. The summed E-state index contributed by atoms with van der Waals surface area (Å²) in [6.07, 6.45) is 0. The Hall–Kier alpha value is -3.13. The lowest BCUT2D eigenvalue weighted by molar-refractivity contribution is 0.0976. The quantitative estimate of drug-likeness (QED) is 0.384. The van der Waals surface area contributed by atoms with Gasteiger partial charge in [0.05, 0.1) is 11.6 Å². The Bertz CT molecular complexity index is 1150. The highest BCUT2D eigenvalue weighted by Crippen LogP contribution is 2.25. The van der Waals surface area contributed by atoms with E-state index < -0.39 is 5.91 Å². The monoisotopic (exact) mass is 487 g/mol. The van der Waals surface area contributed by atoms with E-state index in [1.165, 1.54) is 6.07 Å². The van der Waals surface area contributed by atoms with Crippen LogP contribution in [0.1, 0.15) is 27.6 Å². The average molecular weight is 488 g/mol.